The van der Waals surface area contributed by atoms with E-state index in [1.807, 2.05) is 18.2 Å². The number of nitrogens with one attached hydrogen (secondary N) is 2. The molecule has 0 spiro atoms. The number of carbonyl (C=O) groups is 2. The van der Waals surface area contributed by atoms with Crippen LogP contribution in [-0.2, 0) is 16.1 Å². The van der Waals surface area contributed by atoms with Gasteiger partial charge in [0.2, 0.25) is 18.6 Å². The van der Waals surface area contributed by atoms with Crippen molar-refractivity contribution in [2.75, 3.05) is 18.3 Å². The molecule has 0 aromatic heterocycles. The minimum atomic E-state index is -0.459. The molecular formula is C14H16N2O4S. The van der Waals surface area contributed by atoms with E-state index in [2.05, 4.69) is 10.6 Å². The van der Waals surface area contributed by atoms with Gasteiger partial charge >= 0.3 is 0 Å². The lowest BCUT2D eigenvalue weighted by atomic mass is 10.2. The van der Waals surface area contributed by atoms with E-state index in [9.17, 15) is 9.59 Å². The Morgan fingerprint density at radius 2 is 2.24 bits per heavy atom. The average Bonchev–Trinajstić information content (AvgIpc) is 2.84. The Morgan fingerprint density at radius 3 is 3.14 bits per heavy atom. The van der Waals surface area contributed by atoms with Crippen LogP contribution < -0.4 is 20.1 Å². The number of ether oxygens (including phenoxy) is 2. The summed E-state index contributed by atoms with van der Waals surface area (Å²) in [5.74, 6) is 2.56. The van der Waals surface area contributed by atoms with E-state index in [-0.39, 0.29) is 18.6 Å². The number of amides is 2. The molecule has 1 aromatic carbocycles. The minimum absolute atomic E-state index is 0.0665. The zero-order chi connectivity index (χ0) is 14.7. The summed E-state index contributed by atoms with van der Waals surface area (Å²) in [6, 6.07) is 5.10. The van der Waals surface area contributed by atoms with Gasteiger partial charge in [-0.25, -0.2) is 0 Å². The highest BCUT2D eigenvalue weighted by Crippen LogP contribution is 2.32. The molecule has 21 heavy (non-hydrogen) atoms. The number of benzene rings is 1. The van der Waals surface area contributed by atoms with Crippen molar-refractivity contribution >= 4 is 23.6 Å². The lowest BCUT2D eigenvalue weighted by molar-refractivity contribution is -0.128. The van der Waals surface area contributed by atoms with Crippen LogP contribution in [0, 0.1) is 0 Å². The first-order valence-electron chi connectivity index (χ1n) is 6.76. The Morgan fingerprint density at radius 1 is 1.38 bits per heavy atom. The number of thioether (sulfide) groups is 1. The first kappa shape index (κ1) is 14.1. The fourth-order valence-corrected chi connectivity index (χ4v) is 3.15. The predicted molar refractivity (Wildman–Crippen MR) is 78.3 cm³/mol. The quantitative estimate of drug-likeness (QED) is 0.857. The van der Waals surface area contributed by atoms with Crippen molar-refractivity contribution in [1.82, 2.24) is 10.6 Å². The zero-order valence-electron chi connectivity index (χ0n) is 11.4. The van der Waals surface area contributed by atoms with Gasteiger partial charge in [-0.3, -0.25) is 9.59 Å². The Labute approximate surface area is 126 Å². The molecule has 0 bridgehead atoms. The summed E-state index contributed by atoms with van der Waals surface area (Å²) < 4.78 is 10.5. The highest BCUT2D eigenvalue weighted by atomic mass is 32.2. The predicted octanol–water partition coefficient (Wildman–Crippen LogP) is 0.653. The van der Waals surface area contributed by atoms with Gasteiger partial charge in [-0.05, 0) is 17.7 Å². The van der Waals surface area contributed by atoms with Crippen LogP contribution in [0.1, 0.15) is 12.0 Å². The van der Waals surface area contributed by atoms with Crippen LogP contribution in [0.2, 0.25) is 0 Å². The normalized spacial score (nSPS) is 20.6. The van der Waals surface area contributed by atoms with E-state index in [1.54, 1.807) is 11.8 Å². The Bertz CT molecular complexity index is 564. The van der Waals surface area contributed by atoms with Crippen molar-refractivity contribution in [3.63, 3.8) is 0 Å². The van der Waals surface area contributed by atoms with Crippen LogP contribution in [-0.4, -0.2) is 36.2 Å². The average molecular weight is 308 g/mol. The van der Waals surface area contributed by atoms with E-state index in [4.69, 9.17) is 9.47 Å². The van der Waals surface area contributed by atoms with Crippen molar-refractivity contribution < 1.29 is 19.1 Å². The first-order valence-corrected chi connectivity index (χ1v) is 7.91. The first-order chi connectivity index (χ1) is 10.2. The summed E-state index contributed by atoms with van der Waals surface area (Å²) in [5.41, 5.74) is 0.931. The third-order valence-electron chi connectivity index (χ3n) is 3.31. The second-order valence-corrected chi connectivity index (χ2v) is 6.00. The van der Waals surface area contributed by atoms with Crippen molar-refractivity contribution in [3.05, 3.63) is 23.8 Å². The van der Waals surface area contributed by atoms with E-state index in [1.165, 1.54) is 0 Å². The van der Waals surface area contributed by atoms with Gasteiger partial charge in [0.05, 0.1) is 0 Å². The fraction of sp³-hybridized carbons (Fsp3) is 0.429. The van der Waals surface area contributed by atoms with E-state index in [0.717, 1.165) is 17.1 Å². The number of hydrogen-bond donors (Lipinski definition) is 2. The molecule has 1 saturated heterocycles. The Hall–Kier alpha value is -1.89. The molecule has 3 rings (SSSR count). The highest BCUT2D eigenvalue weighted by molar-refractivity contribution is 7.99. The van der Waals surface area contributed by atoms with Crippen LogP contribution in [0.25, 0.3) is 0 Å². The third-order valence-corrected chi connectivity index (χ3v) is 4.38. The van der Waals surface area contributed by atoms with Crippen LogP contribution in [0.3, 0.4) is 0 Å². The van der Waals surface area contributed by atoms with Crippen LogP contribution >= 0.6 is 11.8 Å². The monoisotopic (exact) mass is 308 g/mol. The summed E-state index contributed by atoms with van der Waals surface area (Å²) in [5, 5.41) is 5.58. The maximum Gasteiger partial charge on any atom is 0.243 e. The largest absolute Gasteiger partial charge is 0.454 e. The molecule has 0 saturated carbocycles. The van der Waals surface area contributed by atoms with Gasteiger partial charge < -0.3 is 20.1 Å². The van der Waals surface area contributed by atoms with Crippen molar-refractivity contribution in [2.24, 2.45) is 0 Å². The molecule has 6 nitrogen and oxygen atoms in total. The molecule has 2 heterocycles. The van der Waals surface area contributed by atoms with Crippen LogP contribution in [0.4, 0.5) is 0 Å². The van der Waals surface area contributed by atoms with Crippen LogP contribution in [0.15, 0.2) is 18.2 Å². The molecule has 1 aromatic rings. The number of fused-ring (bicyclic) bond motifs is 1. The minimum Gasteiger partial charge on any atom is -0.454 e. The van der Waals surface area contributed by atoms with Gasteiger partial charge in [0.1, 0.15) is 6.04 Å². The second kappa shape index (κ2) is 6.26. The van der Waals surface area contributed by atoms with Crippen molar-refractivity contribution in [3.8, 4) is 11.5 Å². The molecule has 1 atom stereocenters. The zero-order valence-corrected chi connectivity index (χ0v) is 12.2. The lowest BCUT2D eigenvalue weighted by Crippen LogP contribution is -2.47. The topological polar surface area (TPSA) is 76.7 Å². The summed E-state index contributed by atoms with van der Waals surface area (Å²) in [6.07, 6.45) is 0.469. The van der Waals surface area contributed by atoms with E-state index < -0.39 is 6.04 Å². The molecule has 2 aliphatic heterocycles. The van der Waals surface area contributed by atoms with Gasteiger partial charge in [-0.15, -0.1) is 0 Å². The molecule has 112 valence electrons. The Kier molecular flexibility index (Phi) is 4.19. The Balaban J connectivity index is 1.56. The molecule has 2 aliphatic rings. The van der Waals surface area contributed by atoms with E-state index in [0.29, 0.717) is 24.5 Å². The molecule has 0 unspecified atom stereocenters. The van der Waals surface area contributed by atoms with Gasteiger partial charge in [-0.2, -0.15) is 11.8 Å². The molecule has 1 fully saturated rings. The van der Waals surface area contributed by atoms with Gasteiger partial charge in [-0.1, -0.05) is 6.07 Å². The molecule has 0 aliphatic carbocycles. The van der Waals surface area contributed by atoms with Crippen LogP contribution in [0.5, 0.6) is 11.5 Å². The number of hydrogen-bond acceptors (Lipinski definition) is 5. The van der Waals surface area contributed by atoms with Gasteiger partial charge in [0.15, 0.2) is 11.5 Å². The second-order valence-electron chi connectivity index (χ2n) is 4.85. The lowest BCUT2D eigenvalue weighted by Gasteiger charge is -2.15. The van der Waals surface area contributed by atoms with Crippen molar-refractivity contribution in [1.29, 1.82) is 0 Å². The molecule has 2 N–H and O–H groups in total. The molecule has 7 heteroatoms. The van der Waals surface area contributed by atoms with Crippen molar-refractivity contribution in [2.45, 2.75) is 19.0 Å². The molecule has 2 amide bonds. The smallest absolute Gasteiger partial charge is 0.243 e. The fourth-order valence-electron chi connectivity index (χ4n) is 2.18. The molecule has 0 radical (unpaired) electrons. The summed E-state index contributed by atoms with van der Waals surface area (Å²) >= 11 is 1.61. The number of carbonyl (C=O) groups excluding carboxylic acids is 2. The van der Waals surface area contributed by atoms with Gasteiger partial charge in [0.25, 0.3) is 0 Å². The standard InChI is InChI=1S/C14H16N2O4S/c17-13-3-4-21-7-10(16-13)14(18)15-6-9-1-2-11-12(5-9)20-8-19-11/h1-2,5,10H,3-4,6-8H2,(H,15,18)(H,16,17)/t10-/m0/s1. The number of rotatable bonds is 3. The maximum absolute atomic E-state index is 12.1. The summed E-state index contributed by atoms with van der Waals surface area (Å²) in [6.45, 7) is 0.628. The third kappa shape index (κ3) is 3.41. The van der Waals surface area contributed by atoms with Gasteiger partial charge in [0, 0.05) is 24.5 Å². The summed E-state index contributed by atoms with van der Waals surface area (Å²) in [7, 11) is 0. The van der Waals surface area contributed by atoms with E-state index >= 15 is 0 Å². The SMILES string of the molecule is O=C1CCSC[C@@H](C(=O)NCc2ccc3c(c2)OCO3)N1. The summed E-state index contributed by atoms with van der Waals surface area (Å²) in [4.78, 5) is 23.6. The molecular weight excluding hydrogens is 292 g/mol. The highest BCUT2D eigenvalue weighted by Gasteiger charge is 2.23. The maximum atomic E-state index is 12.1.